The van der Waals surface area contributed by atoms with Gasteiger partial charge in [-0.3, -0.25) is 9.63 Å². The van der Waals surface area contributed by atoms with Gasteiger partial charge in [-0.25, -0.2) is 4.79 Å². The van der Waals surface area contributed by atoms with Crippen LogP contribution in [-0.2, 0) is 23.8 Å². The molecule has 0 saturated heterocycles. The molecular formula is C20H23NO9. The normalized spacial score (nSPS) is 12.5. The maximum atomic E-state index is 12.3. The topological polar surface area (TPSA) is 123 Å². The van der Waals surface area contributed by atoms with Crippen molar-refractivity contribution in [3.63, 3.8) is 0 Å². The van der Waals surface area contributed by atoms with E-state index in [-0.39, 0.29) is 19.6 Å². The van der Waals surface area contributed by atoms with Crippen molar-refractivity contribution in [2.45, 2.75) is 32.5 Å². The van der Waals surface area contributed by atoms with E-state index in [2.05, 4.69) is 9.57 Å². The Bertz CT molecular complexity index is 899. The largest absolute Gasteiger partial charge is 0.510 e. The maximum Gasteiger partial charge on any atom is 0.510 e. The van der Waals surface area contributed by atoms with Crippen molar-refractivity contribution in [2.24, 2.45) is 0 Å². The first-order chi connectivity index (χ1) is 14.3. The number of esters is 1. The van der Waals surface area contributed by atoms with Crippen LogP contribution < -0.4 is 4.74 Å². The maximum absolute atomic E-state index is 12.3. The number of hydrogen-bond donors (Lipinski definition) is 0. The van der Waals surface area contributed by atoms with E-state index < -0.39 is 29.4 Å². The summed E-state index contributed by atoms with van der Waals surface area (Å²) in [7, 11) is 1.60. The van der Waals surface area contributed by atoms with Gasteiger partial charge in [0, 0.05) is 6.42 Å². The molecule has 0 amide bonds. The summed E-state index contributed by atoms with van der Waals surface area (Å²) >= 11 is 0. The van der Waals surface area contributed by atoms with Gasteiger partial charge in [0.05, 0.1) is 26.2 Å². The third-order valence-electron chi connectivity index (χ3n) is 4.17. The lowest BCUT2D eigenvalue weighted by atomic mass is 9.98. The molecule has 1 unspecified atom stereocenters. The van der Waals surface area contributed by atoms with Crippen molar-refractivity contribution in [3.8, 4) is 5.75 Å². The number of methoxy groups -OCH3 is 1. The zero-order valence-corrected chi connectivity index (χ0v) is 16.9. The Morgan fingerprint density at radius 3 is 2.40 bits per heavy atom. The third-order valence-corrected chi connectivity index (χ3v) is 4.17. The van der Waals surface area contributed by atoms with E-state index in [1.54, 1.807) is 14.0 Å². The van der Waals surface area contributed by atoms with Crippen LogP contribution in [-0.4, -0.2) is 43.8 Å². The van der Waals surface area contributed by atoms with Crippen LogP contribution in [0.5, 0.6) is 5.75 Å². The Morgan fingerprint density at radius 2 is 1.70 bits per heavy atom. The average molecular weight is 421 g/mol. The number of carbonyl (C=O) groups is 2. The molecular weight excluding hydrogens is 398 g/mol. The smallest absolute Gasteiger partial charge is 0.497 e. The van der Waals surface area contributed by atoms with Gasteiger partial charge >= 0.3 is 12.1 Å². The van der Waals surface area contributed by atoms with Gasteiger partial charge in [0.25, 0.3) is 5.09 Å². The Labute approximate surface area is 172 Å². The fraction of sp³-hybridized carbons (Fsp3) is 0.400. The standard InChI is InChI=1S/C20H23NO9/c1-13(15-5-6-17-12-18(26-3)8-7-16(17)11-15)19(22)27-9-4-10-28-20(23)29-14(2)30-21(24)25/h5-8,11-14H,4,9-10H2,1-3H3/t13-,14?/m0/s1. The molecule has 30 heavy (non-hydrogen) atoms. The molecule has 0 aliphatic rings. The van der Waals surface area contributed by atoms with Gasteiger partial charge in [0.1, 0.15) is 5.75 Å². The van der Waals surface area contributed by atoms with Crippen LogP contribution in [0.3, 0.4) is 0 Å². The van der Waals surface area contributed by atoms with Gasteiger partial charge in [-0.2, -0.15) is 0 Å². The first kappa shape index (κ1) is 22.7. The second-order valence-corrected chi connectivity index (χ2v) is 6.33. The number of hydrogen-bond acceptors (Lipinski definition) is 9. The summed E-state index contributed by atoms with van der Waals surface area (Å²) < 4.78 is 19.6. The van der Waals surface area contributed by atoms with Crippen LogP contribution in [0.1, 0.15) is 31.7 Å². The fourth-order valence-corrected chi connectivity index (χ4v) is 2.60. The highest BCUT2D eigenvalue weighted by Gasteiger charge is 2.18. The van der Waals surface area contributed by atoms with Crippen molar-refractivity contribution >= 4 is 22.9 Å². The van der Waals surface area contributed by atoms with Crippen LogP contribution in [0.15, 0.2) is 36.4 Å². The van der Waals surface area contributed by atoms with Crippen LogP contribution in [0.4, 0.5) is 4.79 Å². The molecule has 0 heterocycles. The Hall–Kier alpha value is -3.56. The number of benzene rings is 2. The van der Waals surface area contributed by atoms with Crippen molar-refractivity contribution in [1.29, 1.82) is 0 Å². The molecule has 10 nitrogen and oxygen atoms in total. The molecule has 0 spiro atoms. The highest BCUT2D eigenvalue weighted by molar-refractivity contribution is 5.86. The van der Waals surface area contributed by atoms with Gasteiger partial charge in [-0.1, -0.05) is 24.3 Å². The lowest BCUT2D eigenvalue weighted by Crippen LogP contribution is -2.22. The van der Waals surface area contributed by atoms with E-state index in [1.165, 1.54) is 6.92 Å². The van der Waals surface area contributed by atoms with E-state index in [4.69, 9.17) is 14.2 Å². The molecule has 2 aromatic carbocycles. The second kappa shape index (κ2) is 10.8. The molecule has 162 valence electrons. The van der Waals surface area contributed by atoms with Gasteiger partial charge in [-0.05, 0) is 42.3 Å². The summed E-state index contributed by atoms with van der Waals surface area (Å²) in [6.07, 6.45) is -2.25. The molecule has 2 rings (SSSR count). The van der Waals surface area contributed by atoms with Crippen LogP contribution in [0, 0.1) is 10.1 Å². The lowest BCUT2D eigenvalue weighted by molar-refractivity contribution is -0.777. The Kier molecular flexibility index (Phi) is 8.21. The second-order valence-electron chi connectivity index (χ2n) is 6.33. The highest BCUT2D eigenvalue weighted by atomic mass is 17.0. The summed E-state index contributed by atoms with van der Waals surface area (Å²) in [5, 5.41) is 11.0. The minimum Gasteiger partial charge on any atom is -0.497 e. The molecule has 2 atom stereocenters. The summed E-state index contributed by atoms with van der Waals surface area (Å²) in [5.41, 5.74) is 0.817. The number of carbonyl (C=O) groups excluding carboxylic acids is 2. The van der Waals surface area contributed by atoms with Crippen molar-refractivity contribution in [1.82, 2.24) is 0 Å². The highest BCUT2D eigenvalue weighted by Crippen LogP contribution is 2.25. The molecule has 2 aromatic rings. The zero-order chi connectivity index (χ0) is 22.1. The van der Waals surface area contributed by atoms with E-state index in [0.717, 1.165) is 22.1 Å². The summed E-state index contributed by atoms with van der Waals surface area (Å²) in [5.74, 6) is -0.116. The molecule has 0 aliphatic heterocycles. The predicted octanol–water partition coefficient (Wildman–Crippen LogP) is 3.59. The van der Waals surface area contributed by atoms with Crippen LogP contribution >= 0.6 is 0 Å². The first-order valence-electron chi connectivity index (χ1n) is 9.19. The lowest BCUT2D eigenvalue weighted by Gasteiger charge is -2.13. The molecule has 0 aromatic heterocycles. The molecule has 0 N–H and O–H groups in total. The first-order valence-corrected chi connectivity index (χ1v) is 9.19. The third kappa shape index (κ3) is 6.80. The Balaban J connectivity index is 1.75. The zero-order valence-electron chi connectivity index (χ0n) is 16.9. The van der Waals surface area contributed by atoms with Crippen molar-refractivity contribution in [2.75, 3.05) is 20.3 Å². The van der Waals surface area contributed by atoms with Gasteiger partial charge in [-0.15, -0.1) is 10.1 Å². The van der Waals surface area contributed by atoms with E-state index >= 15 is 0 Å². The molecule has 10 heteroatoms. The summed E-state index contributed by atoms with van der Waals surface area (Å²) in [4.78, 5) is 37.7. The molecule has 0 aliphatic carbocycles. The number of nitrogens with zero attached hydrogens (tertiary/aromatic N) is 1. The molecule has 0 radical (unpaired) electrons. The summed E-state index contributed by atoms with van der Waals surface area (Å²) in [6.45, 7) is 2.89. The predicted molar refractivity (Wildman–Crippen MR) is 104 cm³/mol. The fourth-order valence-electron chi connectivity index (χ4n) is 2.60. The minimum absolute atomic E-state index is 0.0438. The monoisotopic (exact) mass is 421 g/mol. The quantitative estimate of drug-likeness (QED) is 0.186. The molecule has 0 bridgehead atoms. The van der Waals surface area contributed by atoms with Crippen molar-refractivity contribution in [3.05, 3.63) is 52.1 Å². The van der Waals surface area contributed by atoms with Gasteiger partial charge < -0.3 is 18.9 Å². The van der Waals surface area contributed by atoms with Gasteiger partial charge in [0.15, 0.2) is 0 Å². The minimum atomic E-state index is -1.38. The van der Waals surface area contributed by atoms with Crippen molar-refractivity contribution < 1.29 is 38.5 Å². The SMILES string of the molecule is COc1ccc2cc([C@H](C)C(=O)OCCCOC(=O)OC(C)O[N+](=O)[O-])ccc2c1. The average Bonchev–Trinajstić information content (AvgIpc) is 2.71. The summed E-state index contributed by atoms with van der Waals surface area (Å²) in [6, 6.07) is 11.4. The number of ether oxygens (including phenoxy) is 4. The van der Waals surface area contributed by atoms with Crippen LogP contribution in [0.25, 0.3) is 10.8 Å². The number of rotatable bonds is 10. The van der Waals surface area contributed by atoms with E-state index in [9.17, 15) is 19.7 Å². The Morgan fingerprint density at radius 1 is 1.03 bits per heavy atom. The number of fused-ring (bicyclic) bond motifs is 1. The van der Waals surface area contributed by atoms with E-state index in [0.29, 0.717) is 0 Å². The molecule has 0 fully saturated rings. The van der Waals surface area contributed by atoms with Crippen LogP contribution in [0.2, 0.25) is 0 Å². The van der Waals surface area contributed by atoms with Gasteiger partial charge in [0.2, 0.25) is 6.29 Å². The molecule has 0 saturated carbocycles. The van der Waals surface area contributed by atoms with E-state index in [1.807, 2.05) is 36.4 Å².